The van der Waals surface area contributed by atoms with Crippen molar-refractivity contribution in [2.75, 3.05) is 0 Å². The topological polar surface area (TPSA) is 111 Å². The van der Waals surface area contributed by atoms with E-state index in [0.29, 0.717) is 22.8 Å². The Kier molecular flexibility index (Phi) is 6.61. The van der Waals surface area contributed by atoms with Gasteiger partial charge in [0.05, 0.1) is 29.2 Å². The standard InChI is InChI=1S/C30H30N4O3/c1-18(31)28(19(2)35)23-15-26-29(33-16-23)24(21-11-9-20(10-12-21)14-27(36)37)17-34(26)30(22-6-5-7-22)25-8-3-4-13-32-25/h3-4,8-13,15-17,22,30H,5-7,14,31H2,1-2H3,(H,36,37). The molecule has 0 amide bonds. The summed E-state index contributed by atoms with van der Waals surface area (Å²) in [5.41, 5.74) is 13.1. The molecule has 0 aliphatic heterocycles. The number of aliphatic carboxylic acids is 1. The highest BCUT2D eigenvalue weighted by Gasteiger charge is 2.32. The van der Waals surface area contributed by atoms with Crippen molar-refractivity contribution in [3.63, 3.8) is 0 Å². The Balaban J connectivity index is 1.73. The van der Waals surface area contributed by atoms with Crippen LogP contribution in [0.1, 0.15) is 56.0 Å². The molecular weight excluding hydrogens is 464 g/mol. The number of ketones is 1. The number of carbonyl (C=O) groups is 2. The van der Waals surface area contributed by atoms with Crippen LogP contribution in [0.2, 0.25) is 0 Å². The first kappa shape index (κ1) is 24.4. The Bertz CT molecular complexity index is 1500. The molecule has 37 heavy (non-hydrogen) atoms. The van der Waals surface area contributed by atoms with E-state index in [4.69, 9.17) is 20.8 Å². The molecule has 188 valence electrons. The lowest BCUT2D eigenvalue weighted by atomic mass is 9.78. The second-order valence-corrected chi connectivity index (χ2v) is 9.81. The summed E-state index contributed by atoms with van der Waals surface area (Å²) in [6.45, 7) is 3.25. The van der Waals surface area contributed by atoms with Crippen LogP contribution >= 0.6 is 0 Å². The van der Waals surface area contributed by atoms with Crippen LogP contribution in [0.25, 0.3) is 27.7 Å². The molecule has 0 bridgehead atoms. The number of fused-ring (bicyclic) bond motifs is 1. The molecule has 1 fully saturated rings. The summed E-state index contributed by atoms with van der Waals surface area (Å²) < 4.78 is 2.25. The largest absolute Gasteiger partial charge is 0.481 e. The van der Waals surface area contributed by atoms with Crippen molar-refractivity contribution in [3.05, 3.63) is 89.6 Å². The zero-order valence-corrected chi connectivity index (χ0v) is 21.0. The summed E-state index contributed by atoms with van der Waals surface area (Å²) in [5, 5.41) is 9.14. The van der Waals surface area contributed by atoms with Crippen molar-refractivity contribution in [1.29, 1.82) is 0 Å². The second kappa shape index (κ2) is 10.0. The van der Waals surface area contributed by atoms with Crippen LogP contribution in [0.5, 0.6) is 0 Å². The molecule has 0 spiro atoms. The number of nitrogens with zero attached hydrogens (tertiary/aromatic N) is 3. The smallest absolute Gasteiger partial charge is 0.307 e. The Morgan fingerprint density at radius 3 is 2.43 bits per heavy atom. The normalized spacial score (nSPS) is 15.2. The van der Waals surface area contributed by atoms with Gasteiger partial charge in [-0.3, -0.25) is 19.6 Å². The number of carbonyl (C=O) groups excluding carboxylic acids is 1. The van der Waals surface area contributed by atoms with E-state index in [1.54, 1.807) is 13.1 Å². The molecule has 5 rings (SSSR count). The van der Waals surface area contributed by atoms with Crippen molar-refractivity contribution >= 4 is 28.4 Å². The molecule has 3 N–H and O–H groups in total. The number of carboxylic acid groups (broad SMARTS) is 1. The third kappa shape index (κ3) is 4.77. The maximum absolute atomic E-state index is 12.4. The average molecular weight is 495 g/mol. The van der Waals surface area contributed by atoms with Gasteiger partial charge in [-0.2, -0.15) is 0 Å². The minimum absolute atomic E-state index is 0.0221. The summed E-state index contributed by atoms with van der Waals surface area (Å²) in [6.07, 6.45) is 9.07. The zero-order valence-electron chi connectivity index (χ0n) is 21.0. The maximum Gasteiger partial charge on any atom is 0.307 e. The predicted molar refractivity (Wildman–Crippen MR) is 144 cm³/mol. The van der Waals surface area contributed by atoms with E-state index < -0.39 is 5.97 Å². The highest BCUT2D eigenvalue weighted by molar-refractivity contribution is 6.20. The van der Waals surface area contributed by atoms with Crippen LogP contribution in [-0.2, 0) is 16.0 Å². The first-order valence-electron chi connectivity index (χ1n) is 12.5. The third-order valence-corrected chi connectivity index (χ3v) is 7.21. The highest BCUT2D eigenvalue weighted by atomic mass is 16.4. The Labute approximate surface area is 215 Å². The lowest BCUT2D eigenvalue weighted by Gasteiger charge is -2.35. The number of carboxylic acids is 1. The summed E-state index contributed by atoms with van der Waals surface area (Å²) in [5.74, 6) is -0.519. The second-order valence-electron chi connectivity index (χ2n) is 9.81. The van der Waals surface area contributed by atoms with E-state index in [0.717, 1.165) is 46.3 Å². The van der Waals surface area contributed by atoms with Gasteiger partial charge in [-0.25, -0.2) is 0 Å². The lowest BCUT2D eigenvalue weighted by Crippen LogP contribution is -2.26. The number of hydrogen-bond donors (Lipinski definition) is 2. The molecule has 7 heteroatoms. The molecule has 1 saturated carbocycles. The Hall–Kier alpha value is -4.26. The van der Waals surface area contributed by atoms with E-state index in [1.807, 2.05) is 48.7 Å². The van der Waals surface area contributed by atoms with E-state index >= 15 is 0 Å². The average Bonchev–Trinajstić information content (AvgIpc) is 3.20. The van der Waals surface area contributed by atoms with Crippen LogP contribution in [0.4, 0.5) is 0 Å². The molecule has 0 radical (unpaired) electrons. The number of nitrogens with two attached hydrogens (primary N) is 1. The number of hydrogen-bond acceptors (Lipinski definition) is 5. The van der Waals surface area contributed by atoms with Crippen LogP contribution in [0.3, 0.4) is 0 Å². The van der Waals surface area contributed by atoms with E-state index in [1.165, 1.54) is 13.3 Å². The third-order valence-electron chi connectivity index (χ3n) is 7.21. The van der Waals surface area contributed by atoms with Gasteiger partial charge in [-0.05, 0) is 61.9 Å². The molecule has 0 saturated heterocycles. The summed E-state index contributed by atoms with van der Waals surface area (Å²) in [4.78, 5) is 33.1. The number of pyridine rings is 2. The molecule has 7 nitrogen and oxygen atoms in total. The fourth-order valence-corrected chi connectivity index (χ4v) is 5.31. The van der Waals surface area contributed by atoms with E-state index in [2.05, 4.69) is 16.8 Å². The SMILES string of the molecule is CC(=O)C(=C(C)N)c1cnc2c(-c3ccc(CC(=O)O)cc3)cn(C(c3ccccn3)C3CCC3)c2c1. The van der Waals surface area contributed by atoms with Gasteiger partial charge in [-0.15, -0.1) is 0 Å². The van der Waals surface area contributed by atoms with Gasteiger partial charge in [0.25, 0.3) is 0 Å². The van der Waals surface area contributed by atoms with Gasteiger partial charge < -0.3 is 15.4 Å². The Morgan fingerprint density at radius 1 is 1.11 bits per heavy atom. The molecular formula is C30H30N4O3. The van der Waals surface area contributed by atoms with Crippen molar-refractivity contribution in [2.45, 2.75) is 45.6 Å². The van der Waals surface area contributed by atoms with Crippen molar-refractivity contribution in [1.82, 2.24) is 14.5 Å². The number of Topliss-reactive ketones (excluding diaryl/α,β-unsaturated/α-hetero) is 1. The maximum atomic E-state index is 12.4. The van der Waals surface area contributed by atoms with Gasteiger partial charge in [0, 0.05) is 41.0 Å². The lowest BCUT2D eigenvalue weighted by molar-refractivity contribution is -0.136. The van der Waals surface area contributed by atoms with Crippen LogP contribution in [0.15, 0.2) is 72.8 Å². The van der Waals surface area contributed by atoms with Gasteiger partial charge in [0.1, 0.15) is 0 Å². The summed E-state index contributed by atoms with van der Waals surface area (Å²) >= 11 is 0. The minimum atomic E-state index is -0.859. The van der Waals surface area contributed by atoms with Gasteiger partial charge in [-0.1, -0.05) is 36.8 Å². The zero-order chi connectivity index (χ0) is 26.1. The van der Waals surface area contributed by atoms with Crippen molar-refractivity contribution in [3.8, 4) is 11.1 Å². The summed E-state index contributed by atoms with van der Waals surface area (Å²) in [6, 6.07) is 15.6. The number of rotatable bonds is 8. The van der Waals surface area contributed by atoms with Crippen LogP contribution in [-0.4, -0.2) is 31.4 Å². The Morgan fingerprint density at radius 2 is 1.86 bits per heavy atom. The monoisotopic (exact) mass is 494 g/mol. The molecule has 3 heterocycles. The molecule has 3 aromatic heterocycles. The molecule has 1 atom stereocenters. The number of benzene rings is 1. The van der Waals surface area contributed by atoms with Crippen LogP contribution in [0, 0.1) is 5.92 Å². The first-order valence-corrected chi connectivity index (χ1v) is 12.5. The predicted octanol–water partition coefficient (Wildman–Crippen LogP) is 5.39. The van der Waals surface area contributed by atoms with Crippen molar-refractivity contribution < 1.29 is 14.7 Å². The van der Waals surface area contributed by atoms with Crippen molar-refractivity contribution in [2.24, 2.45) is 11.7 Å². The van der Waals surface area contributed by atoms with Gasteiger partial charge in [0.2, 0.25) is 0 Å². The molecule has 1 aliphatic carbocycles. The number of allylic oxidation sites excluding steroid dienone is 2. The fourth-order valence-electron chi connectivity index (χ4n) is 5.31. The summed E-state index contributed by atoms with van der Waals surface area (Å²) in [7, 11) is 0. The fraction of sp³-hybridized carbons (Fsp3) is 0.267. The first-order chi connectivity index (χ1) is 17.8. The molecule has 1 aliphatic rings. The van der Waals surface area contributed by atoms with E-state index in [-0.39, 0.29) is 18.2 Å². The van der Waals surface area contributed by atoms with Crippen LogP contribution < -0.4 is 5.73 Å². The molecule has 1 unspecified atom stereocenters. The number of aromatic nitrogens is 3. The molecule has 4 aromatic rings. The van der Waals surface area contributed by atoms with E-state index in [9.17, 15) is 9.59 Å². The van der Waals surface area contributed by atoms with Gasteiger partial charge >= 0.3 is 5.97 Å². The quantitative estimate of drug-likeness (QED) is 0.318. The molecule has 1 aromatic carbocycles. The minimum Gasteiger partial charge on any atom is -0.481 e. The van der Waals surface area contributed by atoms with Gasteiger partial charge in [0.15, 0.2) is 5.78 Å². The highest BCUT2D eigenvalue weighted by Crippen LogP contribution is 2.43.